The average Bonchev–Trinajstić information content (AvgIpc) is 3.02. The first-order valence-electron chi connectivity index (χ1n) is 13.8. The summed E-state index contributed by atoms with van der Waals surface area (Å²) < 4.78 is 59.4. The van der Waals surface area contributed by atoms with E-state index in [1.165, 1.54) is 20.3 Å². The average molecular weight is 569 g/mol. The molecule has 1 unspecified atom stereocenters. The first-order chi connectivity index (χ1) is 18.1. The maximum Gasteiger partial charge on any atom is 0.478 e. The van der Waals surface area contributed by atoms with Crippen LogP contribution in [0.2, 0.25) is 25.7 Å². The van der Waals surface area contributed by atoms with E-state index in [4.69, 9.17) is 23.5 Å². The molecule has 39 heavy (non-hydrogen) atoms. The van der Waals surface area contributed by atoms with Crippen molar-refractivity contribution < 1.29 is 32.3 Å². The molecular formula is C28H47BF2N2O5Si. The van der Waals surface area contributed by atoms with Gasteiger partial charge in [-0.3, -0.25) is 0 Å². The fourth-order valence-corrected chi connectivity index (χ4v) is 5.34. The number of allylic oxidation sites excluding steroid dienone is 1. The van der Waals surface area contributed by atoms with Crippen molar-refractivity contribution >= 4 is 15.2 Å². The van der Waals surface area contributed by atoms with Gasteiger partial charge in [-0.15, -0.1) is 0 Å². The second-order valence-corrected chi connectivity index (χ2v) is 18.3. The highest BCUT2D eigenvalue weighted by Crippen LogP contribution is 2.39. The maximum absolute atomic E-state index is 15.2. The van der Waals surface area contributed by atoms with Crippen molar-refractivity contribution in [2.75, 3.05) is 34.1 Å². The Kier molecular flexibility index (Phi) is 10.2. The summed E-state index contributed by atoms with van der Waals surface area (Å²) in [5.41, 5.74) is -0.101. The van der Waals surface area contributed by atoms with Crippen molar-refractivity contribution in [3.8, 4) is 11.5 Å². The van der Waals surface area contributed by atoms with Crippen molar-refractivity contribution in [2.24, 2.45) is 0 Å². The van der Waals surface area contributed by atoms with Gasteiger partial charge in [-0.2, -0.15) is 0 Å². The molecule has 0 radical (unpaired) electrons. The highest BCUT2D eigenvalue weighted by molar-refractivity contribution is 6.76. The van der Waals surface area contributed by atoms with E-state index in [0.29, 0.717) is 19.8 Å². The van der Waals surface area contributed by atoms with E-state index < -0.39 is 38.0 Å². The number of nitrogens with one attached hydrogen (secondary N) is 1. The van der Waals surface area contributed by atoms with Crippen molar-refractivity contribution in [3.63, 3.8) is 0 Å². The molecule has 1 aromatic carbocycles. The molecule has 220 valence electrons. The molecule has 1 N–H and O–H groups in total. The van der Waals surface area contributed by atoms with Crippen LogP contribution in [-0.2, 0) is 20.5 Å². The fourth-order valence-electron chi connectivity index (χ4n) is 4.59. The minimum Gasteiger partial charge on any atom is -0.494 e. The summed E-state index contributed by atoms with van der Waals surface area (Å²) in [4.78, 5) is 2.13. The lowest BCUT2D eigenvalue weighted by Crippen LogP contribution is -2.70. The van der Waals surface area contributed by atoms with Crippen molar-refractivity contribution in [3.05, 3.63) is 35.0 Å². The minimum absolute atomic E-state index is 0.0303. The summed E-state index contributed by atoms with van der Waals surface area (Å²) >= 11 is 0. The van der Waals surface area contributed by atoms with Gasteiger partial charge in [-0.1, -0.05) is 26.6 Å². The topological polar surface area (TPSA) is 61.4 Å². The molecule has 2 fully saturated rings. The van der Waals surface area contributed by atoms with Crippen LogP contribution >= 0.6 is 0 Å². The second kappa shape index (κ2) is 12.5. The molecule has 11 heteroatoms. The molecular weight excluding hydrogens is 521 g/mol. The minimum atomic E-state index is -1.26. The molecule has 3 rings (SSSR count). The van der Waals surface area contributed by atoms with Crippen molar-refractivity contribution in [1.29, 1.82) is 0 Å². The number of rotatable bonds is 13. The Morgan fingerprint density at radius 2 is 1.67 bits per heavy atom. The molecule has 2 heterocycles. The highest BCUT2D eigenvalue weighted by atomic mass is 28.3. The molecule has 0 bridgehead atoms. The summed E-state index contributed by atoms with van der Waals surface area (Å²) in [5, 5.41) is 3.47. The lowest BCUT2D eigenvalue weighted by atomic mass is 9.69. The normalized spacial score (nSPS) is 22.6. The molecule has 1 aromatic rings. The van der Waals surface area contributed by atoms with Gasteiger partial charge in [0.25, 0.3) is 0 Å². The SMILES string of the molecule is CC/C(=C\N(COCC[Si](C)(C)C)C1CN[C@H]1B1OC(C)(C)C(C)(C)O1)Cc1c(F)c(OC)cc(OC)c1F. The molecule has 2 saturated heterocycles. The van der Waals surface area contributed by atoms with Gasteiger partial charge in [-0.25, -0.2) is 8.78 Å². The van der Waals surface area contributed by atoms with Crippen LogP contribution in [0.1, 0.15) is 46.6 Å². The van der Waals surface area contributed by atoms with E-state index in [1.54, 1.807) is 0 Å². The van der Waals surface area contributed by atoms with Gasteiger partial charge in [0.1, 0.15) is 6.73 Å². The zero-order valence-electron chi connectivity index (χ0n) is 25.4. The van der Waals surface area contributed by atoms with E-state index in [0.717, 1.165) is 18.2 Å². The lowest BCUT2D eigenvalue weighted by molar-refractivity contribution is 0.00578. The second-order valence-electron chi connectivity index (χ2n) is 12.7. The third-order valence-corrected chi connectivity index (χ3v) is 9.78. The van der Waals surface area contributed by atoms with Gasteiger partial charge in [-0.05, 0) is 45.7 Å². The monoisotopic (exact) mass is 568 g/mol. The van der Waals surface area contributed by atoms with Crippen LogP contribution in [0.15, 0.2) is 17.8 Å². The van der Waals surface area contributed by atoms with E-state index in [9.17, 15) is 0 Å². The highest BCUT2D eigenvalue weighted by Gasteiger charge is 2.57. The maximum atomic E-state index is 15.2. The molecule has 2 aliphatic rings. The number of hydrogen-bond donors (Lipinski definition) is 1. The zero-order valence-corrected chi connectivity index (χ0v) is 26.4. The molecule has 0 amide bonds. The Morgan fingerprint density at radius 3 is 2.10 bits per heavy atom. The van der Waals surface area contributed by atoms with Crippen LogP contribution in [0.3, 0.4) is 0 Å². The van der Waals surface area contributed by atoms with E-state index in [2.05, 4.69) is 29.9 Å². The van der Waals surface area contributed by atoms with E-state index >= 15 is 8.78 Å². The summed E-state index contributed by atoms with van der Waals surface area (Å²) in [6.07, 6.45) is 2.67. The fraction of sp³-hybridized carbons (Fsp3) is 0.714. The lowest BCUT2D eigenvalue weighted by Gasteiger charge is -2.45. The van der Waals surface area contributed by atoms with Crippen molar-refractivity contribution in [2.45, 2.75) is 96.3 Å². The third-order valence-electron chi connectivity index (χ3n) is 8.08. The Balaban J connectivity index is 1.87. The standard InChI is InChI=1S/C28H47BF2N2O5Si/c1-11-19(14-20-24(30)22(34-6)15-23(35-7)25(20)31)17-33(18-36-12-13-39(8,9)10)21-16-32-26(21)29-37-27(2,3)28(4,5)38-29/h15,17,21,26,32H,11-14,16,18H2,1-10H3/b19-17+/t21?,26-/m1/s1. The van der Waals surface area contributed by atoms with Gasteiger partial charge in [0.2, 0.25) is 0 Å². The van der Waals surface area contributed by atoms with Gasteiger partial charge in [0, 0.05) is 45.5 Å². The molecule has 7 nitrogen and oxygen atoms in total. The quantitative estimate of drug-likeness (QED) is 0.194. The predicted octanol–water partition coefficient (Wildman–Crippen LogP) is 5.40. The Labute approximate surface area is 234 Å². The first-order valence-corrected chi connectivity index (χ1v) is 17.6. The summed E-state index contributed by atoms with van der Waals surface area (Å²) in [7, 11) is 1.03. The van der Waals surface area contributed by atoms with Gasteiger partial charge in [0.15, 0.2) is 23.1 Å². The molecule has 0 aromatic heterocycles. The number of benzene rings is 1. The number of ether oxygens (including phenoxy) is 3. The van der Waals surface area contributed by atoms with Crippen LogP contribution in [0.25, 0.3) is 0 Å². The molecule has 2 aliphatic heterocycles. The molecule has 2 atom stereocenters. The predicted molar refractivity (Wildman–Crippen MR) is 154 cm³/mol. The number of hydrogen-bond acceptors (Lipinski definition) is 7. The van der Waals surface area contributed by atoms with Crippen LogP contribution in [0.5, 0.6) is 11.5 Å². The molecule has 0 saturated carbocycles. The third kappa shape index (κ3) is 7.35. The van der Waals surface area contributed by atoms with Crippen LogP contribution in [-0.4, -0.2) is 77.4 Å². The van der Waals surface area contributed by atoms with Crippen LogP contribution < -0.4 is 14.8 Å². The number of methoxy groups -OCH3 is 2. The first kappa shape index (κ1) is 31.9. The van der Waals surface area contributed by atoms with Crippen LogP contribution in [0, 0.1) is 11.6 Å². The Hall–Kier alpha value is -1.66. The zero-order chi connectivity index (χ0) is 29.2. The van der Waals surface area contributed by atoms with Gasteiger partial charge >= 0.3 is 7.12 Å². The summed E-state index contributed by atoms with van der Waals surface area (Å²) in [5.74, 6) is -1.60. The van der Waals surface area contributed by atoms with E-state index in [1.807, 2.05) is 40.8 Å². The smallest absolute Gasteiger partial charge is 0.478 e. The Morgan fingerprint density at radius 1 is 1.10 bits per heavy atom. The van der Waals surface area contributed by atoms with E-state index in [-0.39, 0.29) is 35.5 Å². The summed E-state index contributed by atoms with van der Waals surface area (Å²) in [6, 6.07) is 2.31. The van der Waals surface area contributed by atoms with Crippen molar-refractivity contribution in [1.82, 2.24) is 10.2 Å². The summed E-state index contributed by atoms with van der Waals surface area (Å²) in [6.45, 7) is 18.8. The Bertz CT molecular complexity index is 990. The largest absolute Gasteiger partial charge is 0.494 e. The van der Waals surface area contributed by atoms with Crippen LogP contribution in [0.4, 0.5) is 8.78 Å². The molecule has 0 aliphatic carbocycles. The molecule has 0 spiro atoms. The number of halogens is 2. The van der Waals surface area contributed by atoms with Gasteiger partial charge < -0.3 is 33.7 Å². The van der Waals surface area contributed by atoms with Gasteiger partial charge in [0.05, 0.1) is 37.4 Å². The number of nitrogens with zero attached hydrogens (tertiary/aromatic N) is 1.